The van der Waals surface area contributed by atoms with Gasteiger partial charge >= 0.3 is 0 Å². The summed E-state index contributed by atoms with van der Waals surface area (Å²) in [6, 6.07) is 5.41. The van der Waals surface area contributed by atoms with Crippen molar-refractivity contribution < 1.29 is 8.42 Å². The molecule has 4 nitrogen and oxygen atoms in total. The molecule has 2 rings (SSSR count). The lowest BCUT2D eigenvalue weighted by molar-refractivity contribution is 0.607. The van der Waals surface area contributed by atoms with E-state index in [1.807, 2.05) is 0 Å². The Kier molecular flexibility index (Phi) is 4.26. The summed E-state index contributed by atoms with van der Waals surface area (Å²) >= 11 is 6.12. The monoisotopic (exact) mass is 302 g/mol. The number of halogens is 1. The van der Waals surface area contributed by atoms with Crippen LogP contribution in [0, 0.1) is 5.92 Å². The molecule has 0 aromatic heterocycles. The Balaban J connectivity index is 2.07. The molecular weight excluding hydrogens is 284 g/mol. The van der Waals surface area contributed by atoms with Crippen molar-refractivity contribution in [1.82, 2.24) is 0 Å². The number of hydrogen-bond donors (Lipinski definition) is 2. The summed E-state index contributed by atoms with van der Waals surface area (Å²) in [5, 5.41) is 3.94. The van der Waals surface area contributed by atoms with Gasteiger partial charge in [-0.3, -0.25) is 4.72 Å². The second-order valence-electron chi connectivity index (χ2n) is 5.29. The van der Waals surface area contributed by atoms with E-state index in [0.29, 0.717) is 16.8 Å². The molecule has 106 valence electrons. The van der Waals surface area contributed by atoms with Crippen LogP contribution in [0.5, 0.6) is 0 Å². The van der Waals surface area contributed by atoms with E-state index in [-0.39, 0.29) is 0 Å². The fourth-order valence-corrected chi connectivity index (χ4v) is 2.82. The zero-order valence-corrected chi connectivity index (χ0v) is 12.7. The van der Waals surface area contributed by atoms with Crippen LogP contribution in [0.25, 0.3) is 0 Å². The van der Waals surface area contributed by atoms with Crippen molar-refractivity contribution in [1.29, 1.82) is 0 Å². The van der Waals surface area contributed by atoms with Gasteiger partial charge in [0.1, 0.15) is 0 Å². The molecule has 0 bridgehead atoms. The normalized spacial score (nSPS) is 17.0. The molecular formula is C13H19ClN2O2S. The van der Waals surface area contributed by atoms with E-state index >= 15 is 0 Å². The minimum Gasteiger partial charge on any atom is -0.381 e. The molecule has 0 heterocycles. The van der Waals surface area contributed by atoms with Crippen molar-refractivity contribution in [3.63, 3.8) is 0 Å². The standard InChI is InChI=1S/C13H19ClN2O2S/c1-9(7-10-3-4-10)15-13-8-11(5-6-12(13)14)16-19(2,17)18/h5-6,8-10,15-16H,3-4,7H2,1-2H3. The van der Waals surface area contributed by atoms with Crippen molar-refractivity contribution in [3.05, 3.63) is 23.2 Å². The van der Waals surface area contributed by atoms with Crippen LogP contribution in [0.1, 0.15) is 26.2 Å². The highest BCUT2D eigenvalue weighted by atomic mass is 35.5. The van der Waals surface area contributed by atoms with Crippen LogP contribution in [0.2, 0.25) is 5.02 Å². The van der Waals surface area contributed by atoms with Crippen LogP contribution in [0.15, 0.2) is 18.2 Å². The van der Waals surface area contributed by atoms with Crippen molar-refractivity contribution in [2.24, 2.45) is 5.92 Å². The Morgan fingerprint density at radius 1 is 1.42 bits per heavy atom. The van der Waals surface area contributed by atoms with Crippen molar-refractivity contribution in [2.45, 2.75) is 32.2 Å². The maximum Gasteiger partial charge on any atom is 0.229 e. The fraction of sp³-hybridized carbons (Fsp3) is 0.538. The van der Waals surface area contributed by atoms with Crippen LogP contribution in [0.3, 0.4) is 0 Å². The van der Waals surface area contributed by atoms with Crippen LogP contribution in [-0.4, -0.2) is 20.7 Å². The number of benzene rings is 1. The van der Waals surface area contributed by atoms with Crippen molar-refractivity contribution >= 4 is 33.0 Å². The molecule has 19 heavy (non-hydrogen) atoms. The highest BCUT2D eigenvalue weighted by Crippen LogP contribution is 2.35. The van der Waals surface area contributed by atoms with E-state index in [4.69, 9.17) is 11.6 Å². The van der Waals surface area contributed by atoms with E-state index in [0.717, 1.165) is 24.3 Å². The molecule has 1 fully saturated rings. The van der Waals surface area contributed by atoms with Gasteiger partial charge in [0.05, 0.1) is 22.7 Å². The van der Waals surface area contributed by atoms with Crippen molar-refractivity contribution in [3.8, 4) is 0 Å². The predicted octanol–water partition coefficient (Wildman–Crippen LogP) is 3.31. The van der Waals surface area contributed by atoms with Gasteiger partial charge < -0.3 is 5.32 Å². The van der Waals surface area contributed by atoms with Crippen molar-refractivity contribution in [2.75, 3.05) is 16.3 Å². The summed E-state index contributed by atoms with van der Waals surface area (Å²) < 4.78 is 24.9. The number of anilines is 2. The summed E-state index contributed by atoms with van der Waals surface area (Å²) in [5.41, 5.74) is 1.29. The Hall–Kier alpha value is -0.940. The summed E-state index contributed by atoms with van der Waals surface area (Å²) in [4.78, 5) is 0. The second kappa shape index (κ2) is 5.59. The molecule has 1 aromatic rings. The largest absolute Gasteiger partial charge is 0.381 e. The summed E-state index contributed by atoms with van der Waals surface area (Å²) in [7, 11) is -3.27. The van der Waals surface area contributed by atoms with E-state index < -0.39 is 10.0 Å². The first-order valence-corrected chi connectivity index (χ1v) is 8.64. The second-order valence-corrected chi connectivity index (χ2v) is 7.45. The SMILES string of the molecule is CC(CC1CC1)Nc1cc(NS(C)(=O)=O)ccc1Cl. The fourth-order valence-electron chi connectivity index (χ4n) is 2.09. The highest BCUT2D eigenvalue weighted by Gasteiger charge is 2.23. The molecule has 1 atom stereocenters. The molecule has 0 amide bonds. The predicted molar refractivity (Wildman–Crippen MR) is 80.3 cm³/mol. The number of sulfonamides is 1. The van der Waals surface area contributed by atoms with Gasteiger partial charge in [-0.2, -0.15) is 0 Å². The molecule has 6 heteroatoms. The van der Waals surface area contributed by atoms with E-state index in [2.05, 4.69) is 17.0 Å². The van der Waals surface area contributed by atoms with Gasteiger partial charge in [0.25, 0.3) is 0 Å². The average Bonchev–Trinajstić information content (AvgIpc) is 3.04. The van der Waals surface area contributed by atoms with Gasteiger partial charge in [-0.15, -0.1) is 0 Å². The third-order valence-corrected chi connectivity index (χ3v) is 3.99. The lowest BCUT2D eigenvalue weighted by Crippen LogP contribution is -2.16. The highest BCUT2D eigenvalue weighted by molar-refractivity contribution is 7.92. The first-order valence-electron chi connectivity index (χ1n) is 6.37. The van der Waals surface area contributed by atoms with E-state index in [1.54, 1.807) is 18.2 Å². The van der Waals surface area contributed by atoms with E-state index in [1.165, 1.54) is 12.8 Å². The molecule has 2 N–H and O–H groups in total. The lowest BCUT2D eigenvalue weighted by atomic mass is 10.1. The smallest absolute Gasteiger partial charge is 0.229 e. The van der Waals surface area contributed by atoms with Gasteiger partial charge in [-0.1, -0.05) is 24.4 Å². The van der Waals surface area contributed by atoms with Gasteiger partial charge in [-0.25, -0.2) is 8.42 Å². The Bertz CT molecular complexity index is 556. The third-order valence-electron chi connectivity index (χ3n) is 3.06. The maximum atomic E-state index is 11.2. The van der Waals surface area contributed by atoms with Gasteiger partial charge in [0.15, 0.2) is 0 Å². The number of hydrogen-bond acceptors (Lipinski definition) is 3. The molecule has 0 radical (unpaired) electrons. The Morgan fingerprint density at radius 2 is 2.11 bits per heavy atom. The number of rotatable bonds is 6. The molecule has 1 aromatic carbocycles. The molecule has 1 unspecified atom stereocenters. The van der Waals surface area contributed by atoms with E-state index in [9.17, 15) is 8.42 Å². The minimum atomic E-state index is -3.27. The van der Waals surface area contributed by atoms with Gasteiger partial charge in [0.2, 0.25) is 10.0 Å². The minimum absolute atomic E-state index is 0.332. The molecule has 0 saturated heterocycles. The van der Waals surface area contributed by atoms with Crippen LogP contribution >= 0.6 is 11.6 Å². The van der Waals surface area contributed by atoms with Gasteiger partial charge in [0, 0.05) is 6.04 Å². The van der Waals surface area contributed by atoms with Gasteiger partial charge in [-0.05, 0) is 37.5 Å². The number of nitrogens with one attached hydrogen (secondary N) is 2. The zero-order chi connectivity index (χ0) is 14.0. The lowest BCUT2D eigenvalue weighted by Gasteiger charge is -2.17. The Labute approximate surface area is 119 Å². The molecule has 1 saturated carbocycles. The third kappa shape index (κ3) is 4.91. The first kappa shape index (κ1) is 14.5. The Morgan fingerprint density at radius 3 is 2.68 bits per heavy atom. The summed E-state index contributed by atoms with van der Waals surface area (Å²) in [5.74, 6) is 0.832. The van der Waals surface area contributed by atoms with Crippen LogP contribution < -0.4 is 10.0 Å². The summed E-state index contributed by atoms with van der Waals surface area (Å²) in [6.07, 6.45) is 4.88. The first-order chi connectivity index (χ1) is 8.83. The summed E-state index contributed by atoms with van der Waals surface area (Å²) in [6.45, 7) is 2.12. The molecule has 0 aliphatic heterocycles. The maximum absolute atomic E-state index is 11.2. The topological polar surface area (TPSA) is 58.2 Å². The van der Waals surface area contributed by atoms with Crippen LogP contribution in [-0.2, 0) is 10.0 Å². The quantitative estimate of drug-likeness (QED) is 0.847. The molecule has 0 spiro atoms. The molecule has 1 aliphatic carbocycles. The van der Waals surface area contributed by atoms with Crippen LogP contribution in [0.4, 0.5) is 11.4 Å². The average molecular weight is 303 g/mol. The molecule has 1 aliphatic rings. The zero-order valence-electron chi connectivity index (χ0n) is 11.1.